The van der Waals surface area contributed by atoms with Crippen molar-refractivity contribution < 1.29 is 13.3 Å². The molecule has 10 heavy (non-hydrogen) atoms. The molecule has 6 heteroatoms. The molecule has 0 aromatic carbocycles. The maximum atomic E-state index is 4.93. The molecule has 0 spiro atoms. The minimum absolute atomic E-state index is 1.58. The first-order chi connectivity index (χ1) is 4.68. The molecular formula is C4H12IO3SSi-. The molecule has 0 amide bonds. The van der Waals surface area contributed by atoms with Crippen molar-refractivity contribution in [1.82, 2.24) is 0 Å². The summed E-state index contributed by atoms with van der Waals surface area (Å²) < 4.78 is 14.8. The predicted molar refractivity (Wildman–Crippen MR) is 54.0 cm³/mol. The number of rotatable bonds is 3. The van der Waals surface area contributed by atoms with E-state index in [1.807, 2.05) is 6.55 Å². The number of hydrogen-bond donors (Lipinski definition) is 0. The van der Waals surface area contributed by atoms with Crippen LogP contribution in [-0.2, 0) is 23.1 Å². The lowest BCUT2D eigenvalue weighted by molar-refractivity contribution is 0.132. The van der Waals surface area contributed by atoms with Crippen LogP contribution in [0.3, 0.4) is 0 Å². The van der Waals surface area contributed by atoms with E-state index in [1.54, 1.807) is 42.5 Å². The SMILES string of the molecule is CO[Si](C)(OC)OC.[S-]I. The second-order valence-corrected chi connectivity index (χ2v) is 4.42. The molecule has 0 rings (SSSR count). The van der Waals surface area contributed by atoms with Crippen LogP contribution in [0.25, 0.3) is 0 Å². The Morgan fingerprint density at radius 3 is 1.20 bits per heavy atom. The minimum Gasteiger partial charge on any atom is -0.713 e. The Kier molecular flexibility index (Phi) is 11.4. The van der Waals surface area contributed by atoms with Crippen LogP contribution >= 0.6 is 21.2 Å². The molecule has 0 saturated carbocycles. The van der Waals surface area contributed by atoms with Gasteiger partial charge in [0.2, 0.25) is 0 Å². The van der Waals surface area contributed by atoms with Gasteiger partial charge in [0, 0.05) is 27.9 Å². The number of hydrogen-bond acceptors (Lipinski definition) is 4. The van der Waals surface area contributed by atoms with Crippen molar-refractivity contribution in [3.05, 3.63) is 0 Å². The van der Waals surface area contributed by atoms with Crippen LogP contribution in [0.4, 0.5) is 0 Å². The Labute approximate surface area is 80.8 Å². The lowest BCUT2D eigenvalue weighted by atomic mass is 11.8. The highest BCUT2D eigenvalue weighted by Gasteiger charge is 2.29. The lowest BCUT2D eigenvalue weighted by Crippen LogP contribution is -2.38. The van der Waals surface area contributed by atoms with Gasteiger partial charge in [-0.3, -0.25) is 21.2 Å². The van der Waals surface area contributed by atoms with Gasteiger partial charge in [0.25, 0.3) is 0 Å². The maximum absolute atomic E-state index is 4.93. The zero-order valence-corrected chi connectivity index (χ0v) is 10.5. The topological polar surface area (TPSA) is 27.7 Å². The molecule has 0 aromatic heterocycles. The molecule has 0 radical (unpaired) electrons. The van der Waals surface area contributed by atoms with Gasteiger partial charge >= 0.3 is 8.80 Å². The molecule has 0 saturated heterocycles. The zero-order chi connectivity index (χ0) is 8.62. The Balaban J connectivity index is 0. The van der Waals surface area contributed by atoms with E-state index in [0.29, 0.717) is 0 Å². The van der Waals surface area contributed by atoms with E-state index in [1.165, 1.54) is 0 Å². The minimum atomic E-state index is -2.17. The molecule has 0 bridgehead atoms. The quantitative estimate of drug-likeness (QED) is 0.447. The standard InChI is InChI=1S/C4H12O3Si.IS/c1-5-8(4,6-2)7-3;1-2/h1-4H3;/q;-1. The summed E-state index contributed by atoms with van der Waals surface area (Å²) in [4.78, 5) is 0. The largest absolute Gasteiger partial charge is 0.713 e. The molecular weight excluding hydrogens is 283 g/mol. The number of halogens is 1. The molecule has 0 N–H and O–H groups in total. The van der Waals surface area contributed by atoms with Gasteiger partial charge < -0.3 is 23.1 Å². The summed E-state index contributed by atoms with van der Waals surface area (Å²) in [7, 11) is 6.63. The van der Waals surface area contributed by atoms with E-state index in [2.05, 4.69) is 9.80 Å². The third-order valence-corrected chi connectivity index (χ3v) is 3.34. The fraction of sp³-hybridized carbons (Fsp3) is 1.00. The third-order valence-electron chi connectivity index (χ3n) is 1.11. The fourth-order valence-electron chi connectivity index (χ4n) is 0.250. The van der Waals surface area contributed by atoms with Crippen LogP contribution in [0.1, 0.15) is 0 Å². The molecule has 0 heterocycles. The molecule has 0 aliphatic heterocycles. The first kappa shape index (κ1) is 13.7. The molecule has 0 unspecified atom stereocenters. The van der Waals surface area contributed by atoms with Crippen LogP contribution in [0.2, 0.25) is 6.55 Å². The highest BCUT2D eigenvalue weighted by molar-refractivity contribution is 14.2. The summed E-state index contributed by atoms with van der Waals surface area (Å²) in [5.41, 5.74) is 0. The average Bonchev–Trinajstić information content (AvgIpc) is 2.07. The highest BCUT2D eigenvalue weighted by Crippen LogP contribution is 2.02. The van der Waals surface area contributed by atoms with Crippen molar-refractivity contribution in [1.29, 1.82) is 0 Å². The van der Waals surface area contributed by atoms with Crippen LogP contribution in [0.5, 0.6) is 0 Å². The fourth-order valence-corrected chi connectivity index (χ4v) is 0.750. The van der Waals surface area contributed by atoms with Crippen molar-refractivity contribution in [2.45, 2.75) is 6.55 Å². The Morgan fingerprint density at radius 1 is 1.00 bits per heavy atom. The van der Waals surface area contributed by atoms with Gasteiger partial charge in [-0.2, -0.15) is 0 Å². The van der Waals surface area contributed by atoms with Gasteiger partial charge in [-0.25, -0.2) is 0 Å². The van der Waals surface area contributed by atoms with Gasteiger partial charge in [-0.1, -0.05) is 0 Å². The van der Waals surface area contributed by atoms with Crippen molar-refractivity contribution in [3.8, 4) is 0 Å². The lowest BCUT2D eigenvalue weighted by Gasteiger charge is -2.18. The third kappa shape index (κ3) is 5.92. The first-order valence-corrected chi connectivity index (χ1v) is 7.67. The smallest absolute Gasteiger partial charge is 0.496 e. The van der Waals surface area contributed by atoms with E-state index in [0.717, 1.165) is 0 Å². The molecule has 0 fully saturated rings. The predicted octanol–water partition coefficient (Wildman–Crippen LogP) is 1.38. The summed E-state index contributed by atoms with van der Waals surface area (Å²) in [6, 6.07) is 0. The Bertz CT molecular complexity index is 63.3. The van der Waals surface area contributed by atoms with Crippen molar-refractivity contribution in [3.63, 3.8) is 0 Å². The van der Waals surface area contributed by atoms with E-state index in [-0.39, 0.29) is 0 Å². The summed E-state index contributed by atoms with van der Waals surface area (Å²) in [6.07, 6.45) is 0. The van der Waals surface area contributed by atoms with Gasteiger partial charge in [-0.05, 0) is 0 Å². The maximum Gasteiger partial charge on any atom is 0.496 e. The zero-order valence-electron chi connectivity index (χ0n) is 6.51. The second kappa shape index (κ2) is 8.28. The molecule has 0 aliphatic carbocycles. The molecule has 64 valence electrons. The molecule has 0 atom stereocenters. The highest BCUT2D eigenvalue weighted by atomic mass is 127. The van der Waals surface area contributed by atoms with E-state index < -0.39 is 8.80 Å². The first-order valence-electron chi connectivity index (χ1n) is 2.49. The summed E-state index contributed by atoms with van der Waals surface area (Å²) >= 11 is 1.73. The van der Waals surface area contributed by atoms with Crippen molar-refractivity contribution >= 4 is 39.8 Å². The summed E-state index contributed by atoms with van der Waals surface area (Å²) in [5.74, 6) is 0. The second-order valence-electron chi connectivity index (χ2n) is 1.47. The molecule has 3 nitrogen and oxygen atoms in total. The monoisotopic (exact) mass is 295 g/mol. The van der Waals surface area contributed by atoms with Crippen molar-refractivity contribution in [2.24, 2.45) is 0 Å². The van der Waals surface area contributed by atoms with Crippen LogP contribution < -0.4 is 0 Å². The van der Waals surface area contributed by atoms with E-state index in [9.17, 15) is 0 Å². The summed E-state index contributed by atoms with van der Waals surface area (Å²) in [6.45, 7) is 1.83. The Morgan fingerprint density at radius 2 is 1.20 bits per heavy atom. The Hall–Kier alpha value is 1.18. The van der Waals surface area contributed by atoms with E-state index in [4.69, 9.17) is 13.3 Å². The van der Waals surface area contributed by atoms with Gasteiger partial charge in [0.05, 0.1) is 0 Å². The van der Waals surface area contributed by atoms with Gasteiger partial charge in [0.1, 0.15) is 0 Å². The van der Waals surface area contributed by atoms with Gasteiger partial charge in [0.15, 0.2) is 0 Å². The molecule has 0 aromatic rings. The van der Waals surface area contributed by atoms with Crippen molar-refractivity contribution in [2.75, 3.05) is 21.3 Å². The normalized spacial score (nSPS) is 10.2. The van der Waals surface area contributed by atoms with Crippen LogP contribution in [0, 0.1) is 0 Å². The summed E-state index contributed by atoms with van der Waals surface area (Å²) in [5, 5.41) is 0. The van der Waals surface area contributed by atoms with Crippen LogP contribution in [0.15, 0.2) is 0 Å². The van der Waals surface area contributed by atoms with Crippen LogP contribution in [-0.4, -0.2) is 30.1 Å². The van der Waals surface area contributed by atoms with Gasteiger partial charge in [-0.15, -0.1) is 0 Å². The molecule has 0 aliphatic rings. The van der Waals surface area contributed by atoms with E-state index >= 15 is 0 Å². The average molecular weight is 295 g/mol.